The van der Waals surface area contributed by atoms with E-state index < -0.39 is 29.3 Å². The van der Waals surface area contributed by atoms with Crippen LogP contribution in [0.25, 0.3) is 0 Å². The third-order valence-electron chi connectivity index (χ3n) is 2.07. The van der Waals surface area contributed by atoms with Crippen LogP contribution >= 0.6 is 0 Å². The number of halogens is 1. The summed E-state index contributed by atoms with van der Waals surface area (Å²) in [4.78, 5) is 27.0. The number of hydrogen-bond acceptors (Lipinski definition) is 4. The van der Waals surface area contributed by atoms with Crippen molar-refractivity contribution in [2.24, 2.45) is 0 Å². The van der Waals surface area contributed by atoms with E-state index in [4.69, 9.17) is 4.74 Å². The first-order chi connectivity index (χ1) is 8.69. The zero-order valence-electron chi connectivity index (χ0n) is 11.4. The molecule has 1 amide bonds. The molecule has 0 aromatic carbocycles. The fourth-order valence-electron chi connectivity index (χ4n) is 1.27. The number of aromatic nitrogens is 1. The highest BCUT2D eigenvalue weighted by molar-refractivity contribution is 5.96. The maximum atomic E-state index is 12.9. The second-order valence-electron chi connectivity index (χ2n) is 5.12. The lowest BCUT2D eigenvalue weighted by atomic mass is 10.2. The third kappa shape index (κ3) is 5.03. The Morgan fingerprint density at radius 2 is 2.00 bits per heavy atom. The van der Waals surface area contributed by atoms with Gasteiger partial charge in [-0.2, -0.15) is 0 Å². The van der Waals surface area contributed by atoms with Crippen molar-refractivity contribution in [1.29, 1.82) is 0 Å². The summed E-state index contributed by atoms with van der Waals surface area (Å²) >= 11 is 0. The first-order valence-corrected chi connectivity index (χ1v) is 5.83. The highest BCUT2D eigenvalue weighted by Crippen LogP contribution is 2.09. The zero-order valence-corrected chi connectivity index (χ0v) is 11.4. The van der Waals surface area contributed by atoms with Crippen molar-refractivity contribution < 1.29 is 18.7 Å². The summed E-state index contributed by atoms with van der Waals surface area (Å²) < 4.78 is 18.0. The molecule has 0 aliphatic rings. The van der Waals surface area contributed by atoms with Crippen LogP contribution in [-0.4, -0.2) is 28.5 Å². The van der Waals surface area contributed by atoms with Crippen molar-refractivity contribution in [3.8, 4) is 0 Å². The minimum absolute atomic E-state index is 0.0513. The molecule has 19 heavy (non-hydrogen) atoms. The minimum atomic E-state index is -0.824. The standard InChI is InChI=1S/C13H17FN2O3/c1-8(12(18)19-13(2,3)4)16-11(17)9-5-10(14)7-15-6-9/h5-8H,1-4H3,(H,16,17)/t8-/m1/s1. The molecule has 0 aliphatic heterocycles. The van der Waals surface area contributed by atoms with E-state index in [1.807, 2.05) is 0 Å². The number of ether oxygens (including phenoxy) is 1. The number of esters is 1. The molecular weight excluding hydrogens is 251 g/mol. The second kappa shape index (κ2) is 5.77. The lowest BCUT2D eigenvalue weighted by molar-refractivity contribution is -0.156. The summed E-state index contributed by atoms with van der Waals surface area (Å²) in [5, 5.41) is 2.43. The molecular formula is C13H17FN2O3. The SMILES string of the molecule is C[C@@H](NC(=O)c1cncc(F)c1)C(=O)OC(C)(C)C. The molecule has 1 aromatic rings. The number of pyridine rings is 1. The van der Waals surface area contributed by atoms with Gasteiger partial charge in [-0.3, -0.25) is 9.78 Å². The molecule has 0 bridgehead atoms. The monoisotopic (exact) mass is 268 g/mol. The van der Waals surface area contributed by atoms with Crippen LogP contribution in [0, 0.1) is 5.82 Å². The Morgan fingerprint density at radius 3 is 2.53 bits per heavy atom. The minimum Gasteiger partial charge on any atom is -0.458 e. The van der Waals surface area contributed by atoms with Gasteiger partial charge in [-0.05, 0) is 33.8 Å². The maximum Gasteiger partial charge on any atom is 0.328 e. The van der Waals surface area contributed by atoms with Crippen LogP contribution in [0.5, 0.6) is 0 Å². The summed E-state index contributed by atoms with van der Waals surface area (Å²) in [6.45, 7) is 6.69. The largest absolute Gasteiger partial charge is 0.458 e. The van der Waals surface area contributed by atoms with E-state index in [0.717, 1.165) is 12.3 Å². The Balaban J connectivity index is 2.64. The van der Waals surface area contributed by atoms with Crippen molar-refractivity contribution in [2.45, 2.75) is 39.3 Å². The Bertz CT molecular complexity index is 483. The second-order valence-corrected chi connectivity index (χ2v) is 5.12. The average Bonchev–Trinajstić information content (AvgIpc) is 2.26. The van der Waals surface area contributed by atoms with Gasteiger partial charge in [0.15, 0.2) is 0 Å². The Hall–Kier alpha value is -1.98. The molecule has 1 atom stereocenters. The van der Waals surface area contributed by atoms with Crippen molar-refractivity contribution in [3.05, 3.63) is 29.8 Å². The molecule has 0 radical (unpaired) electrons. The van der Waals surface area contributed by atoms with E-state index in [9.17, 15) is 14.0 Å². The molecule has 0 aliphatic carbocycles. The van der Waals surface area contributed by atoms with Crippen LogP contribution in [0.3, 0.4) is 0 Å². The number of nitrogens with zero attached hydrogens (tertiary/aromatic N) is 1. The molecule has 0 unspecified atom stereocenters. The quantitative estimate of drug-likeness (QED) is 0.847. The highest BCUT2D eigenvalue weighted by Gasteiger charge is 2.23. The van der Waals surface area contributed by atoms with E-state index in [1.165, 1.54) is 13.1 Å². The van der Waals surface area contributed by atoms with Crippen LogP contribution in [0.1, 0.15) is 38.1 Å². The fraction of sp³-hybridized carbons (Fsp3) is 0.462. The topological polar surface area (TPSA) is 68.3 Å². The first-order valence-electron chi connectivity index (χ1n) is 5.83. The number of amides is 1. The molecule has 104 valence electrons. The highest BCUT2D eigenvalue weighted by atomic mass is 19.1. The molecule has 1 rings (SSSR count). The third-order valence-corrected chi connectivity index (χ3v) is 2.07. The predicted octanol–water partition coefficient (Wildman–Crippen LogP) is 1.68. The predicted molar refractivity (Wildman–Crippen MR) is 67.0 cm³/mol. The molecule has 0 spiro atoms. The van der Waals surface area contributed by atoms with Gasteiger partial charge in [0.25, 0.3) is 5.91 Å². The Kier molecular flexibility index (Phi) is 4.58. The van der Waals surface area contributed by atoms with Gasteiger partial charge < -0.3 is 10.1 Å². The van der Waals surface area contributed by atoms with Crippen LogP contribution < -0.4 is 5.32 Å². The van der Waals surface area contributed by atoms with Crippen molar-refractivity contribution >= 4 is 11.9 Å². The smallest absolute Gasteiger partial charge is 0.328 e. The Morgan fingerprint density at radius 1 is 1.37 bits per heavy atom. The molecule has 1 N–H and O–H groups in total. The molecule has 0 fully saturated rings. The van der Waals surface area contributed by atoms with Crippen LogP contribution in [-0.2, 0) is 9.53 Å². The van der Waals surface area contributed by atoms with Gasteiger partial charge in [-0.1, -0.05) is 0 Å². The number of rotatable bonds is 3. The molecule has 0 saturated heterocycles. The van der Waals surface area contributed by atoms with Gasteiger partial charge in [0.1, 0.15) is 17.5 Å². The summed E-state index contributed by atoms with van der Waals surface area (Å²) in [6, 6.07) is 0.222. The lowest BCUT2D eigenvalue weighted by Crippen LogP contribution is -2.42. The van der Waals surface area contributed by atoms with Crippen LogP contribution in [0.15, 0.2) is 18.5 Å². The molecule has 0 saturated carbocycles. The lowest BCUT2D eigenvalue weighted by Gasteiger charge is -2.22. The number of nitrogens with one attached hydrogen (secondary N) is 1. The van der Waals surface area contributed by atoms with Crippen LogP contribution in [0.2, 0.25) is 0 Å². The van der Waals surface area contributed by atoms with Gasteiger partial charge in [-0.15, -0.1) is 0 Å². The zero-order chi connectivity index (χ0) is 14.6. The van der Waals surface area contributed by atoms with E-state index in [0.29, 0.717) is 0 Å². The molecule has 1 aromatic heterocycles. The molecule has 1 heterocycles. The number of carbonyl (C=O) groups excluding carboxylic acids is 2. The van der Waals surface area contributed by atoms with Gasteiger partial charge in [0.05, 0.1) is 11.8 Å². The van der Waals surface area contributed by atoms with Gasteiger partial charge in [-0.25, -0.2) is 9.18 Å². The summed E-state index contributed by atoms with van der Waals surface area (Å²) in [5.74, 6) is -1.74. The van der Waals surface area contributed by atoms with Crippen molar-refractivity contribution in [1.82, 2.24) is 10.3 Å². The normalized spacial score (nSPS) is 12.7. The van der Waals surface area contributed by atoms with E-state index in [1.54, 1.807) is 20.8 Å². The fourth-order valence-corrected chi connectivity index (χ4v) is 1.27. The summed E-state index contributed by atoms with van der Waals surface area (Å²) in [6.07, 6.45) is 2.22. The molecule has 5 nitrogen and oxygen atoms in total. The summed E-state index contributed by atoms with van der Waals surface area (Å²) in [7, 11) is 0. The maximum absolute atomic E-state index is 12.9. The van der Waals surface area contributed by atoms with E-state index >= 15 is 0 Å². The summed E-state index contributed by atoms with van der Waals surface area (Å²) in [5.41, 5.74) is -0.577. The van der Waals surface area contributed by atoms with Crippen molar-refractivity contribution in [2.75, 3.05) is 0 Å². The van der Waals surface area contributed by atoms with E-state index in [-0.39, 0.29) is 5.56 Å². The van der Waals surface area contributed by atoms with Crippen molar-refractivity contribution in [3.63, 3.8) is 0 Å². The van der Waals surface area contributed by atoms with Gasteiger partial charge in [0.2, 0.25) is 0 Å². The number of carbonyl (C=O) groups is 2. The molecule has 6 heteroatoms. The Labute approximate surface area is 111 Å². The average molecular weight is 268 g/mol. The van der Waals surface area contributed by atoms with Crippen LogP contribution in [0.4, 0.5) is 4.39 Å². The van der Waals surface area contributed by atoms with E-state index in [2.05, 4.69) is 10.3 Å². The van der Waals surface area contributed by atoms with Gasteiger partial charge >= 0.3 is 5.97 Å². The number of hydrogen-bond donors (Lipinski definition) is 1. The first kappa shape index (κ1) is 15.1. The van der Waals surface area contributed by atoms with Gasteiger partial charge in [0, 0.05) is 6.20 Å².